The number of benzene rings is 2. The van der Waals surface area contributed by atoms with Crippen molar-refractivity contribution < 1.29 is 19.4 Å². The van der Waals surface area contributed by atoms with Crippen molar-refractivity contribution in [3.05, 3.63) is 64.2 Å². The highest BCUT2D eigenvalue weighted by molar-refractivity contribution is 6.30. The number of halogens is 1. The van der Waals surface area contributed by atoms with Gasteiger partial charge in [0.1, 0.15) is 5.75 Å². The van der Waals surface area contributed by atoms with Crippen molar-refractivity contribution in [3.63, 3.8) is 0 Å². The van der Waals surface area contributed by atoms with Crippen molar-refractivity contribution in [2.24, 2.45) is 0 Å². The number of carbonyl (C=O) groups excluding carboxylic acids is 1. The van der Waals surface area contributed by atoms with Crippen molar-refractivity contribution >= 4 is 23.5 Å². The second-order valence-electron chi connectivity index (χ2n) is 6.26. The Labute approximate surface area is 156 Å². The molecule has 1 aliphatic rings. The largest absolute Gasteiger partial charge is 0.493 e. The Morgan fingerprint density at radius 1 is 1.23 bits per heavy atom. The molecule has 2 aromatic carbocycles. The van der Waals surface area contributed by atoms with Crippen LogP contribution < -0.4 is 10.1 Å². The highest BCUT2D eigenvalue weighted by atomic mass is 35.5. The number of aromatic carboxylic acids is 1. The summed E-state index contributed by atoms with van der Waals surface area (Å²) in [7, 11) is 0. The first-order valence-corrected chi connectivity index (χ1v) is 8.95. The third-order valence-electron chi connectivity index (χ3n) is 4.45. The van der Waals surface area contributed by atoms with Crippen LogP contribution in [0.25, 0.3) is 0 Å². The fourth-order valence-electron chi connectivity index (χ4n) is 3.16. The van der Waals surface area contributed by atoms with E-state index in [0.29, 0.717) is 29.4 Å². The van der Waals surface area contributed by atoms with Crippen molar-refractivity contribution in [2.75, 3.05) is 6.61 Å². The summed E-state index contributed by atoms with van der Waals surface area (Å²) in [6.07, 6.45) is 2.22. The zero-order chi connectivity index (χ0) is 18.5. The lowest BCUT2D eigenvalue weighted by Crippen LogP contribution is -2.28. The van der Waals surface area contributed by atoms with Gasteiger partial charge in [-0.25, -0.2) is 4.79 Å². The molecule has 1 unspecified atom stereocenters. The number of carboxylic acid groups (broad SMARTS) is 1. The van der Waals surface area contributed by atoms with Crippen LogP contribution >= 0.6 is 11.6 Å². The maximum atomic E-state index is 12.4. The molecule has 5 nitrogen and oxygen atoms in total. The van der Waals surface area contributed by atoms with Gasteiger partial charge >= 0.3 is 5.97 Å². The molecule has 1 amide bonds. The van der Waals surface area contributed by atoms with Gasteiger partial charge in [0.15, 0.2) is 0 Å². The Kier molecular flexibility index (Phi) is 5.78. The van der Waals surface area contributed by atoms with E-state index in [1.807, 2.05) is 6.07 Å². The van der Waals surface area contributed by atoms with Gasteiger partial charge in [0.05, 0.1) is 18.2 Å². The summed E-state index contributed by atoms with van der Waals surface area (Å²) in [5.74, 6) is -0.387. The van der Waals surface area contributed by atoms with E-state index in [4.69, 9.17) is 16.3 Å². The number of ether oxygens (including phenoxy) is 1. The van der Waals surface area contributed by atoms with E-state index in [9.17, 15) is 14.7 Å². The minimum Gasteiger partial charge on any atom is -0.493 e. The minimum absolute atomic E-state index is 0.113. The number of carboxylic acids is 1. The highest BCUT2D eigenvalue weighted by Crippen LogP contribution is 2.33. The zero-order valence-corrected chi connectivity index (χ0v) is 15.0. The second kappa shape index (κ2) is 8.23. The Bertz CT molecular complexity index is 821. The van der Waals surface area contributed by atoms with Crippen molar-refractivity contribution in [2.45, 2.75) is 31.7 Å². The molecule has 1 atom stereocenters. The predicted octanol–water partition coefficient (Wildman–Crippen LogP) is 4.00. The number of hydrogen-bond donors (Lipinski definition) is 2. The normalized spacial score (nSPS) is 16.1. The van der Waals surface area contributed by atoms with Crippen LogP contribution in [0, 0.1) is 0 Å². The first-order valence-electron chi connectivity index (χ1n) is 8.57. The Morgan fingerprint density at radius 2 is 2.04 bits per heavy atom. The number of nitrogens with one attached hydrogen (secondary N) is 1. The molecule has 2 aromatic rings. The lowest BCUT2D eigenvalue weighted by molar-refractivity contribution is -0.121. The maximum absolute atomic E-state index is 12.4. The van der Waals surface area contributed by atoms with E-state index in [2.05, 4.69) is 5.32 Å². The van der Waals surface area contributed by atoms with Gasteiger partial charge in [-0.05, 0) is 43.0 Å². The fraction of sp³-hybridized carbons (Fsp3) is 0.300. The van der Waals surface area contributed by atoms with Crippen LogP contribution in [0.2, 0.25) is 5.02 Å². The Hall–Kier alpha value is -2.53. The molecule has 0 spiro atoms. The van der Waals surface area contributed by atoms with Gasteiger partial charge in [0.2, 0.25) is 5.91 Å². The summed E-state index contributed by atoms with van der Waals surface area (Å²) >= 11 is 6.03. The number of rotatable bonds is 5. The summed E-state index contributed by atoms with van der Waals surface area (Å²) in [5.41, 5.74) is 1.82. The molecular weight excluding hydrogens is 354 g/mol. The summed E-state index contributed by atoms with van der Waals surface area (Å²) in [4.78, 5) is 23.7. The van der Waals surface area contributed by atoms with E-state index in [1.165, 1.54) is 0 Å². The van der Waals surface area contributed by atoms with E-state index in [0.717, 1.165) is 18.4 Å². The third kappa shape index (κ3) is 4.35. The predicted molar refractivity (Wildman–Crippen MR) is 98.8 cm³/mol. The molecule has 3 rings (SSSR count). The van der Waals surface area contributed by atoms with Crippen LogP contribution in [0.15, 0.2) is 42.5 Å². The first-order chi connectivity index (χ1) is 12.5. The number of aryl methyl sites for hydroxylation is 1. The molecule has 0 aromatic heterocycles. The number of hydrogen-bond acceptors (Lipinski definition) is 3. The minimum atomic E-state index is -0.979. The van der Waals surface area contributed by atoms with Crippen LogP contribution in [-0.4, -0.2) is 23.6 Å². The summed E-state index contributed by atoms with van der Waals surface area (Å²) in [6, 6.07) is 12.1. The average molecular weight is 374 g/mol. The van der Waals surface area contributed by atoms with Gasteiger partial charge < -0.3 is 15.2 Å². The fourth-order valence-corrected chi connectivity index (χ4v) is 3.32. The van der Waals surface area contributed by atoms with Crippen LogP contribution in [0.3, 0.4) is 0 Å². The topological polar surface area (TPSA) is 75.6 Å². The van der Waals surface area contributed by atoms with Crippen LogP contribution in [0.4, 0.5) is 0 Å². The van der Waals surface area contributed by atoms with Crippen LogP contribution in [0.1, 0.15) is 46.8 Å². The molecule has 6 heteroatoms. The molecule has 0 radical (unpaired) electrons. The molecule has 136 valence electrons. The zero-order valence-electron chi connectivity index (χ0n) is 14.2. The molecular formula is C20H20ClNO4. The quantitative estimate of drug-likeness (QED) is 0.830. The molecule has 0 saturated heterocycles. The van der Waals surface area contributed by atoms with Gasteiger partial charge in [0.25, 0.3) is 0 Å². The molecule has 1 heterocycles. The lowest BCUT2D eigenvalue weighted by atomic mass is 10.0. The molecule has 0 aliphatic carbocycles. The lowest BCUT2D eigenvalue weighted by Gasteiger charge is -2.18. The van der Waals surface area contributed by atoms with Gasteiger partial charge in [-0.2, -0.15) is 0 Å². The monoisotopic (exact) mass is 373 g/mol. The Balaban J connectivity index is 1.67. The van der Waals surface area contributed by atoms with Gasteiger partial charge in [-0.15, -0.1) is 0 Å². The molecule has 2 N–H and O–H groups in total. The Morgan fingerprint density at radius 3 is 2.85 bits per heavy atom. The molecule has 0 bridgehead atoms. The smallest absolute Gasteiger partial charge is 0.335 e. The van der Waals surface area contributed by atoms with E-state index in [-0.39, 0.29) is 23.9 Å². The SMILES string of the molecule is O=C(CCc1ccccc1C(=O)O)NC1CCCOc2cc(Cl)ccc21. The molecule has 0 saturated carbocycles. The molecule has 1 aliphatic heterocycles. The van der Waals surface area contributed by atoms with E-state index in [1.54, 1.807) is 36.4 Å². The first kappa shape index (κ1) is 18.3. The standard InChI is InChI=1S/C20H20ClNO4/c21-14-8-9-16-17(6-3-11-26-18(16)12-14)22-19(23)10-7-13-4-1-2-5-15(13)20(24)25/h1-2,4-5,8-9,12,17H,3,6-7,10-11H2,(H,22,23)(H,24,25). The molecule has 0 fully saturated rings. The number of fused-ring (bicyclic) bond motifs is 1. The number of carbonyl (C=O) groups is 2. The van der Waals surface area contributed by atoms with E-state index >= 15 is 0 Å². The van der Waals surface area contributed by atoms with Crippen LogP contribution in [-0.2, 0) is 11.2 Å². The van der Waals surface area contributed by atoms with Crippen LogP contribution in [0.5, 0.6) is 5.75 Å². The van der Waals surface area contributed by atoms with Crippen molar-refractivity contribution in [1.82, 2.24) is 5.32 Å². The van der Waals surface area contributed by atoms with E-state index < -0.39 is 5.97 Å². The van der Waals surface area contributed by atoms with Gasteiger partial charge in [-0.3, -0.25) is 4.79 Å². The van der Waals surface area contributed by atoms with Gasteiger partial charge in [-0.1, -0.05) is 35.9 Å². The van der Waals surface area contributed by atoms with Gasteiger partial charge in [0, 0.05) is 17.0 Å². The molecule has 26 heavy (non-hydrogen) atoms. The average Bonchev–Trinajstić information content (AvgIpc) is 2.82. The second-order valence-corrected chi connectivity index (χ2v) is 6.69. The summed E-state index contributed by atoms with van der Waals surface area (Å²) in [5, 5.41) is 12.9. The van der Waals surface area contributed by atoms with Crippen molar-refractivity contribution in [1.29, 1.82) is 0 Å². The summed E-state index contributed by atoms with van der Waals surface area (Å²) < 4.78 is 5.71. The summed E-state index contributed by atoms with van der Waals surface area (Å²) in [6.45, 7) is 0.589. The number of amides is 1. The maximum Gasteiger partial charge on any atom is 0.335 e. The third-order valence-corrected chi connectivity index (χ3v) is 4.69. The van der Waals surface area contributed by atoms with Crippen molar-refractivity contribution in [3.8, 4) is 5.75 Å². The highest BCUT2D eigenvalue weighted by Gasteiger charge is 2.22.